The van der Waals surface area contributed by atoms with Crippen LogP contribution < -0.4 is 4.74 Å². The summed E-state index contributed by atoms with van der Waals surface area (Å²) in [6, 6.07) is 52.9. The molecule has 0 N–H and O–H groups in total. The molecule has 0 saturated heterocycles. The Bertz CT molecular complexity index is 1540. The van der Waals surface area contributed by atoms with Gasteiger partial charge in [-0.3, -0.25) is 0 Å². The van der Waals surface area contributed by atoms with Gasteiger partial charge in [0.15, 0.2) is 29.4 Å². The predicted molar refractivity (Wildman–Crippen MR) is 182 cm³/mol. The summed E-state index contributed by atoms with van der Waals surface area (Å²) in [7, 11) is -0.377. The van der Waals surface area contributed by atoms with Crippen molar-refractivity contribution in [3.8, 4) is 11.5 Å². The van der Waals surface area contributed by atoms with Gasteiger partial charge in [0.05, 0.1) is 21.8 Å². The lowest BCUT2D eigenvalue weighted by Gasteiger charge is -2.11. The van der Waals surface area contributed by atoms with Gasteiger partial charge >= 0.3 is 0 Å². The Kier molecular flexibility index (Phi) is 8.74. The Hall–Kier alpha value is -4.18. The second kappa shape index (κ2) is 13.0. The first-order valence-corrected chi connectivity index (χ1v) is 17.0. The molecular formula is C40H36OS2+2. The Morgan fingerprint density at radius 1 is 0.279 bits per heavy atom. The summed E-state index contributed by atoms with van der Waals surface area (Å²) in [6.07, 6.45) is 0. The largest absolute Gasteiger partial charge is 0.457 e. The lowest BCUT2D eigenvalue weighted by atomic mass is 10.2. The molecule has 6 aromatic rings. The minimum atomic E-state index is -0.189. The molecule has 0 aromatic heterocycles. The molecule has 0 bridgehead atoms. The third-order valence-electron chi connectivity index (χ3n) is 7.38. The van der Waals surface area contributed by atoms with Gasteiger partial charge in [-0.1, -0.05) is 70.8 Å². The molecule has 0 amide bonds. The number of hydrogen-bond donors (Lipinski definition) is 0. The Labute approximate surface area is 261 Å². The maximum absolute atomic E-state index is 6.34. The molecule has 0 unspecified atom stereocenters. The van der Waals surface area contributed by atoms with Crippen LogP contribution in [0.25, 0.3) is 0 Å². The van der Waals surface area contributed by atoms with E-state index in [1.165, 1.54) is 51.6 Å². The van der Waals surface area contributed by atoms with Crippen LogP contribution in [-0.4, -0.2) is 0 Å². The van der Waals surface area contributed by atoms with Gasteiger partial charge in [0, 0.05) is 0 Å². The molecule has 0 aliphatic rings. The van der Waals surface area contributed by atoms with Crippen LogP contribution >= 0.6 is 0 Å². The Morgan fingerprint density at radius 3 is 0.674 bits per heavy atom. The highest BCUT2D eigenvalue weighted by Crippen LogP contribution is 2.35. The van der Waals surface area contributed by atoms with Crippen molar-refractivity contribution >= 4 is 21.8 Å². The fourth-order valence-electron chi connectivity index (χ4n) is 4.94. The topological polar surface area (TPSA) is 9.23 Å². The van der Waals surface area contributed by atoms with Gasteiger partial charge in [0.25, 0.3) is 0 Å². The predicted octanol–water partition coefficient (Wildman–Crippen LogP) is 10.9. The zero-order valence-corrected chi connectivity index (χ0v) is 26.7. The number of ether oxygens (including phenoxy) is 1. The third kappa shape index (κ3) is 6.91. The summed E-state index contributed by atoms with van der Waals surface area (Å²) in [5, 5.41) is 0. The molecule has 1 nitrogen and oxygen atoms in total. The van der Waals surface area contributed by atoms with Crippen LogP contribution in [0.2, 0.25) is 0 Å². The maximum atomic E-state index is 6.34. The number of rotatable bonds is 8. The summed E-state index contributed by atoms with van der Waals surface area (Å²) in [6.45, 7) is 8.55. The van der Waals surface area contributed by atoms with E-state index in [0.717, 1.165) is 11.5 Å². The second-order valence-corrected chi connectivity index (χ2v) is 15.0. The van der Waals surface area contributed by atoms with Crippen LogP contribution in [0.3, 0.4) is 0 Å². The average Bonchev–Trinajstić information content (AvgIpc) is 3.03. The van der Waals surface area contributed by atoms with E-state index in [4.69, 9.17) is 4.74 Å². The SMILES string of the molecule is Cc1ccc([S+](c2ccc(C)cc2)c2ccc(Oc3ccc([S+](c4ccc(C)cc4)c4ccc(C)cc4)cc3)cc2)cc1. The molecule has 0 aliphatic heterocycles. The van der Waals surface area contributed by atoms with Crippen LogP contribution in [0, 0.1) is 27.7 Å². The van der Waals surface area contributed by atoms with Crippen LogP contribution in [0.4, 0.5) is 0 Å². The molecule has 6 rings (SSSR count). The molecule has 3 heteroatoms. The van der Waals surface area contributed by atoms with E-state index >= 15 is 0 Å². The van der Waals surface area contributed by atoms with E-state index < -0.39 is 0 Å². The van der Waals surface area contributed by atoms with Crippen LogP contribution in [-0.2, 0) is 21.8 Å². The smallest absolute Gasteiger partial charge is 0.166 e. The highest BCUT2D eigenvalue weighted by molar-refractivity contribution is 7.97. The third-order valence-corrected chi connectivity index (χ3v) is 11.8. The van der Waals surface area contributed by atoms with E-state index in [1.807, 2.05) is 0 Å². The molecule has 0 atom stereocenters. The zero-order valence-electron chi connectivity index (χ0n) is 25.1. The van der Waals surface area contributed by atoms with Crippen molar-refractivity contribution in [2.45, 2.75) is 57.1 Å². The fourth-order valence-corrected chi connectivity index (χ4v) is 9.02. The lowest BCUT2D eigenvalue weighted by Crippen LogP contribution is -2.05. The lowest BCUT2D eigenvalue weighted by molar-refractivity contribution is 0.482. The quantitative estimate of drug-likeness (QED) is 0.159. The molecule has 0 saturated carbocycles. The van der Waals surface area contributed by atoms with Gasteiger partial charge in [-0.15, -0.1) is 0 Å². The number of aryl methyl sites for hydroxylation is 4. The van der Waals surface area contributed by atoms with E-state index in [-0.39, 0.29) is 21.8 Å². The van der Waals surface area contributed by atoms with Crippen molar-refractivity contribution in [1.82, 2.24) is 0 Å². The van der Waals surface area contributed by atoms with Crippen molar-refractivity contribution in [1.29, 1.82) is 0 Å². The molecule has 43 heavy (non-hydrogen) atoms. The molecular weight excluding hydrogens is 561 g/mol. The summed E-state index contributed by atoms with van der Waals surface area (Å²) in [5.74, 6) is 1.67. The van der Waals surface area contributed by atoms with E-state index in [9.17, 15) is 0 Å². The van der Waals surface area contributed by atoms with Gasteiger partial charge in [-0.2, -0.15) is 0 Å². The first-order valence-electron chi connectivity index (χ1n) is 14.6. The van der Waals surface area contributed by atoms with Crippen molar-refractivity contribution < 1.29 is 4.74 Å². The van der Waals surface area contributed by atoms with Gasteiger partial charge in [0.1, 0.15) is 11.5 Å². The van der Waals surface area contributed by atoms with E-state index in [2.05, 4.69) is 173 Å². The first-order chi connectivity index (χ1) is 20.9. The first kappa shape index (κ1) is 28.9. The van der Waals surface area contributed by atoms with Gasteiger partial charge < -0.3 is 4.74 Å². The van der Waals surface area contributed by atoms with Crippen LogP contribution in [0.5, 0.6) is 11.5 Å². The second-order valence-electron chi connectivity index (χ2n) is 10.9. The minimum Gasteiger partial charge on any atom is -0.457 e. The van der Waals surface area contributed by atoms with E-state index in [1.54, 1.807) is 0 Å². The molecule has 0 spiro atoms. The standard InChI is InChI=1S/C40H36OS2/c1-29-5-17-35(18-6-29)42(36-19-7-30(2)8-20-36)39-25-13-33(14-26-39)41-34-15-27-40(28-16-34)43(37-21-9-31(3)10-22-37)38-23-11-32(4)12-24-38/h5-28H,1-4H3/q+2. The summed E-state index contributed by atoms with van der Waals surface area (Å²) in [5.41, 5.74) is 5.09. The van der Waals surface area contributed by atoms with Gasteiger partial charge in [-0.05, 0) is 125 Å². The highest BCUT2D eigenvalue weighted by atomic mass is 32.2. The molecule has 0 fully saturated rings. The van der Waals surface area contributed by atoms with Crippen molar-refractivity contribution in [3.63, 3.8) is 0 Å². The fraction of sp³-hybridized carbons (Fsp3) is 0.100. The van der Waals surface area contributed by atoms with Crippen LogP contribution in [0.15, 0.2) is 175 Å². The zero-order chi connectivity index (χ0) is 29.8. The van der Waals surface area contributed by atoms with Gasteiger partial charge in [0.2, 0.25) is 0 Å². The maximum Gasteiger partial charge on any atom is 0.166 e. The molecule has 0 heterocycles. The average molecular weight is 597 g/mol. The highest BCUT2D eigenvalue weighted by Gasteiger charge is 2.30. The van der Waals surface area contributed by atoms with E-state index in [0.29, 0.717) is 0 Å². The summed E-state index contributed by atoms with van der Waals surface area (Å²) >= 11 is 0. The van der Waals surface area contributed by atoms with Crippen molar-refractivity contribution in [2.24, 2.45) is 0 Å². The Balaban J connectivity index is 1.24. The number of benzene rings is 6. The van der Waals surface area contributed by atoms with Crippen LogP contribution in [0.1, 0.15) is 22.3 Å². The molecule has 212 valence electrons. The monoisotopic (exact) mass is 596 g/mol. The molecule has 6 aromatic carbocycles. The molecule has 0 radical (unpaired) electrons. The minimum absolute atomic E-state index is 0.189. The number of hydrogen-bond acceptors (Lipinski definition) is 1. The Morgan fingerprint density at radius 2 is 0.465 bits per heavy atom. The van der Waals surface area contributed by atoms with Crippen molar-refractivity contribution in [2.75, 3.05) is 0 Å². The molecule has 0 aliphatic carbocycles. The summed E-state index contributed by atoms with van der Waals surface area (Å²) in [4.78, 5) is 7.81. The van der Waals surface area contributed by atoms with Crippen molar-refractivity contribution in [3.05, 3.63) is 168 Å². The normalized spacial score (nSPS) is 11.2. The van der Waals surface area contributed by atoms with Gasteiger partial charge in [-0.25, -0.2) is 0 Å². The summed E-state index contributed by atoms with van der Waals surface area (Å²) < 4.78 is 6.34.